The standard InChI is InChI=1S/C6H11NS/c1-3-6-7-5(2)4-8-6/h4,6-7H,3H2,1-2H3. The van der Waals surface area contributed by atoms with Gasteiger partial charge < -0.3 is 5.32 Å². The fraction of sp³-hybridized carbons (Fsp3) is 0.667. The zero-order chi connectivity index (χ0) is 5.98. The van der Waals surface area contributed by atoms with Crippen LogP contribution >= 0.6 is 11.8 Å². The summed E-state index contributed by atoms with van der Waals surface area (Å²) in [6.45, 7) is 4.29. The van der Waals surface area contributed by atoms with Crippen molar-refractivity contribution in [2.24, 2.45) is 0 Å². The normalized spacial score (nSPS) is 27.2. The van der Waals surface area contributed by atoms with Crippen LogP contribution in [0.2, 0.25) is 0 Å². The van der Waals surface area contributed by atoms with Gasteiger partial charge in [-0.2, -0.15) is 0 Å². The molecule has 1 atom stereocenters. The molecular weight excluding hydrogens is 118 g/mol. The summed E-state index contributed by atoms with van der Waals surface area (Å²) in [6, 6.07) is 0. The Hall–Kier alpha value is -0.110. The molecule has 0 aromatic heterocycles. The first-order valence-corrected chi connectivity index (χ1v) is 3.86. The number of hydrogen-bond donors (Lipinski definition) is 1. The van der Waals surface area contributed by atoms with Crippen LogP contribution in [-0.2, 0) is 0 Å². The molecular formula is C6H11NS. The molecule has 0 aromatic rings. The maximum absolute atomic E-state index is 3.33. The SMILES string of the molecule is CCC1NC(C)=CS1. The highest BCUT2D eigenvalue weighted by molar-refractivity contribution is 8.02. The van der Waals surface area contributed by atoms with E-state index in [0.29, 0.717) is 5.37 Å². The summed E-state index contributed by atoms with van der Waals surface area (Å²) in [7, 11) is 0. The van der Waals surface area contributed by atoms with Gasteiger partial charge in [0.2, 0.25) is 0 Å². The van der Waals surface area contributed by atoms with Crippen LogP contribution in [0.25, 0.3) is 0 Å². The quantitative estimate of drug-likeness (QED) is 0.580. The smallest absolute Gasteiger partial charge is 0.0758 e. The fourth-order valence-corrected chi connectivity index (χ4v) is 1.59. The molecule has 0 radical (unpaired) electrons. The van der Waals surface area contributed by atoms with Crippen LogP contribution in [0.15, 0.2) is 11.1 Å². The topological polar surface area (TPSA) is 12.0 Å². The van der Waals surface area contributed by atoms with E-state index >= 15 is 0 Å². The van der Waals surface area contributed by atoms with Gasteiger partial charge in [0.25, 0.3) is 0 Å². The van der Waals surface area contributed by atoms with E-state index in [1.165, 1.54) is 12.1 Å². The van der Waals surface area contributed by atoms with Crippen molar-refractivity contribution in [2.45, 2.75) is 25.6 Å². The number of nitrogens with one attached hydrogen (secondary N) is 1. The van der Waals surface area contributed by atoms with E-state index in [9.17, 15) is 0 Å². The Bertz CT molecular complexity index is 109. The third-order valence-electron chi connectivity index (χ3n) is 1.17. The molecule has 8 heavy (non-hydrogen) atoms. The van der Waals surface area contributed by atoms with Crippen LogP contribution in [0.3, 0.4) is 0 Å². The molecule has 1 aliphatic rings. The van der Waals surface area contributed by atoms with Crippen molar-refractivity contribution >= 4 is 11.8 Å². The zero-order valence-corrected chi connectivity index (χ0v) is 6.09. The van der Waals surface area contributed by atoms with Gasteiger partial charge in [-0.3, -0.25) is 0 Å². The average molecular weight is 129 g/mol. The minimum Gasteiger partial charge on any atom is -0.376 e. The maximum Gasteiger partial charge on any atom is 0.0758 e. The van der Waals surface area contributed by atoms with Crippen molar-refractivity contribution in [1.82, 2.24) is 5.32 Å². The molecule has 2 heteroatoms. The lowest BCUT2D eigenvalue weighted by atomic mass is 10.4. The number of allylic oxidation sites excluding steroid dienone is 1. The number of thioether (sulfide) groups is 1. The highest BCUT2D eigenvalue weighted by atomic mass is 32.2. The second-order valence-electron chi connectivity index (χ2n) is 1.98. The third kappa shape index (κ3) is 1.19. The van der Waals surface area contributed by atoms with Crippen molar-refractivity contribution in [3.63, 3.8) is 0 Å². The van der Waals surface area contributed by atoms with Crippen LogP contribution in [0.1, 0.15) is 20.3 Å². The molecule has 46 valence electrons. The van der Waals surface area contributed by atoms with Crippen molar-refractivity contribution < 1.29 is 0 Å². The van der Waals surface area contributed by atoms with Crippen LogP contribution in [0, 0.1) is 0 Å². The zero-order valence-electron chi connectivity index (χ0n) is 5.27. The van der Waals surface area contributed by atoms with Crippen molar-refractivity contribution in [3.05, 3.63) is 11.1 Å². The predicted octanol–water partition coefficient (Wildman–Crippen LogP) is 1.92. The molecule has 0 saturated carbocycles. The first-order chi connectivity index (χ1) is 3.83. The van der Waals surface area contributed by atoms with Crippen LogP contribution < -0.4 is 5.32 Å². The molecule has 0 amide bonds. The molecule has 0 aliphatic carbocycles. The van der Waals surface area contributed by atoms with Crippen LogP contribution in [-0.4, -0.2) is 5.37 Å². The van der Waals surface area contributed by atoms with E-state index in [4.69, 9.17) is 0 Å². The Balaban J connectivity index is 2.32. The summed E-state index contributed by atoms with van der Waals surface area (Å²) < 4.78 is 0. The molecule has 1 N–H and O–H groups in total. The lowest BCUT2D eigenvalue weighted by Crippen LogP contribution is -2.17. The monoisotopic (exact) mass is 129 g/mol. The van der Waals surface area contributed by atoms with Gasteiger partial charge in [-0.05, 0) is 18.8 Å². The highest BCUT2D eigenvalue weighted by Crippen LogP contribution is 2.21. The third-order valence-corrected chi connectivity index (χ3v) is 2.44. The van der Waals surface area contributed by atoms with Crippen LogP contribution in [0.5, 0.6) is 0 Å². The lowest BCUT2D eigenvalue weighted by molar-refractivity contribution is 0.733. The van der Waals surface area contributed by atoms with Gasteiger partial charge in [0.1, 0.15) is 0 Å². The molecule has 0 bridgehead atoms. The van der Waals surface area contributed by atoms with Crippen molar-refractivity contribution in [1.29, 1.82) is 0 Å². The Labute approximate surface area is 54.5 Å². The lowest BCUT2D eigenvalue weighted by Gasteiger charge is -2.05. The Kier molecular flexibility index (Phi) is 1.84. The summed E-state index contributed by atoms with van der Waals surface area (Å²) in [5.74, 6) is 0. The van der Waals surface area contributed by atoms with Crippen molar-refractivity contribution in [3.8, 4) is 0 Å². The molecule has 0 saturated heterocycles. The van der Waals surface area contributed by atoms with Gasteiger partial charge in [0.05, 0.1) is 5.37 Å². The number of hydrogen-bond acceptors (Lipinski definition) is 2. The molecule has 1 unspecified atom stereocenters. The first-order valence-electron chi connectivity index (χ1n) is 2.91. The van der Waals surface area contributed by atoms with E-state index in [1.807, 2.05) is 11.8 Å². The second-order valence-corrected chi connectivity index (χ2v) is 3.06. The van der Waals surface area contributed by atoms with E-state index in [0.717, 1.165) is 0 Å². The molecule has 1 rings (SSSR count). The largest absolute Gasteiger partial charge is 0.376 e. The van der Waals surface area contributed by atoms with Gasteiger partial charge >= 0.3 is 0 Å². The molecule has 0 fully saturated rings. The van der Waals surface area contributed by atoms with Gasteiger partial charge in [-0.25, -0.2) is 0 Å². The second kappa shape index (κ2) is 2.44. The fourth-order valence-electron chi connectivity index (χ4n) is 0.704. The van der Waals surface area contributed by atoms with E-state index in [-0.39, 0.29) is 0 Å². The highest BCUT2D eigenvalue weighted by Gasteiger charge is 2.09. The number of rotatable bonds is 1. The van der Waals surface area contributed by atoms with E-state index in [2.05, 4.69) is 24.6 Å². The minimum atomic E-state index is 0.648. The van der Waals surface area contributed by atoms with Gasteiger partial charge in [0, 0.05) is 5.70 Å². The van der Waals surface area contributed by atoms with Gasteiger partial charge in [-0.1, -0.05) is 6.92 Å². The Morgan fingerprint density at radius 2 is 2.62 bits per heavy atom. The molecule has 1 heterocycles. The van der Waals surface area contributed by atoms with E-state index < -0.39 is 0 Å². The van der Waals surface area contributed by atoms with Crippen LogP contribution in [0.4, 0.5) is 0 Å². The average Bonchev–Trinajstić information content (AvgIpc) is 2.14. The summed E-state index contributed by atoms with van der Waals surface area (Å²) in [5, 5.41) is 6.15. The predicted molar refractivity (Wildman–Crippen MR) is 38.6 cm³/mol. The summed E-state index contributed by atoms with van der Waals surface area (Å²) >= 11 is 1.88. The summed E-state index contributed by atoms with van der Waals surface area (Å²) in [5.41, 5.74) is 1.31. The molecule has 1 nitrogen and oxygen atoms in total. The molecule has 0 aromatic carbocycles. The maximum atomic E-state index is 3.33. The Morgan fingerprint density at radius 1 is 1.88 bits per heavy atom. The van der Waals surface area contributed by atoms with Crippen molar-refractivity contribution in [2.75, 3.05) is 0 Å². The molecule has 0 spiro atoms. The first kappa shape index (κ1) is 6.02. The molecule has 1 aliphatic heterocycles. The van der Waals surface area contributed by atoms with E-state index in [1.54, 1.807) is 0 Å². The summed E-state index contributed by atoms with van der Waals surface area (Å²) in [4.78, 5) is 0. The Morgan fingerprint density at radius 3 is 2.88 bits per heavy atom. The summed E-state index contributed by atoms with van der Waals surface area (Å²) in [6.07, 6.45) is 1.21. The minimum absolute atomic E-state index is 0.648. The van der Waals surface area contributed by atoms with Gasteiger partial charge in [-0.15, -0.1) is 11.8 Å². The van der Waals surface area contributed by atoms with Gasteiger partial charge in [0.15, 0.2) is 0 Å².